The van der Waals surface area contributed by atoms with E-state index < -0.39 is 44.1 Å². The van der Waals surface area contributed by atoms with E-state index in [1.54, 1.807) is 25.1 Å². The Bertz CT molecular complexity index is 1490. The number of hydrogen-bond donors (Lipinski definition) is 0. The fourth-order valence-electron chi connectivity index (χ4n) is 3.70. The van der Waals surface area contributed by atoms with Gasteiger partial charge in [-0.15, -0.1) is 10.2 Å². The lowest BCUT2D eigenvalue weighted by Crippen LogP contribution is -2.27. The maximum atomic E-state index is 14.9. The van der Waals surface area contributed by atoms with Crippen molar-refractivity contribution in [3.63, 3.8) is 0 Å². The largest absolute Gasteiger partial charge is 0.481 e. The van der Waals surface area contributed by atoms with Crippen LogP contribution in [0.4, 0.5) is 8.78 Å². The average Bonchev–Trinajstić information content (AvgIpc) is 3.30. The molecule has 3 heterocycles. The maximum Gasteiger partial charge on any atom is 0.231 e. The predicted molar refractivity (Wildman–Crippen MR) is 130 cm³/mol. The normalized spacial score (nSPS) is 13.2. The van der Waals surface area contributed by atoms with Crippen LogP contribution in [0.15, 0.2) is 48.8 Å². The first kappa shape index (κ1) is 26.1. The summed E-state index contributed by atoms with van der Waals surface area (Å²) in [7, 11) is -1.06. The Labute approximate surface area is 212 Å². The second-order valence-corrected chi connectivity index (χ2v) is 10.6. The lowest BCUT2D eigenvalue weighted by atomic mass is 10.1. The molecule has 0 radical (unpaired) electrons. The van der Waals surface area contributed by atoms with E-state index in [1.807, 2.05) is 0 Å². The topological polar surface area (TPSA) is 122 Å². The van der Waals surface area contributed by atoms with Gasteiger partial charge in [0.15, 0.2) is 21.5 Å². The van der Waals surface area contributed by atoms with E-state index in [0.717, 1.165) is 16.7 Å². The van der Waals surface area contributed by atoms with Gasteiger partial charge in [-0.2, -0.15) is 0 Å². The molecule has 1 aromatic carbocycles. The van der Waals surface area contributed by atoms with E-state index in [4.69, 9.17) is 9.47 Å². The Morgan fingerprint density at radius 3 is 2.22 bits per heavy atom. The second-order valence-electron chi connectivity index (χ2n) is 8.20. The highest BCUT2D eigenvalue weighted by molar-refractivity contribution is 7.91. The Hall–Kier alpha value is -4.00. The molecule has 194 valence electrons. The third-order valence-electron chi connectivity index (χ3n) is 5.98. The fraction of sp³-hybridized carbons (Fsp3) is 0.292. The highest BCUT2D eigenvalue weighted by atomic mass is 32.2. The number of benzene rings is 1. The molecule has 0 saturated carbocycles. The molecule has 0 aliphatic rings. The molecular formula is C24H24F2N6O4S. The summed E-state index contributed by atoms with van der Waals surface area (Å²) in [5.74, 6) is -2.73. The molecule has 0 bridgehead atoms. The third-order valence-corrected chi connectivity index (χ3v) is 8.18. The van der Waals surface area contributed by atoms with Crippen LogP contribution in [-0.4, -0.2) is 57.6 Å². The van der Waals surface area contributed by atoms with Gasteiger partial charge in [-0.1, -0.05) is 19.1 Å². The standard InChI is InChI=1S/C24H24F2N6O4S/c1-14(19-11-28-22(36-4)12-27-19)15(2)37(33,34)13-20-30-31-24(18-9-6-10-21(29-18)35-3)32(20)23-16(25)7-5-8-17(23)26/h5-12,14-15H,13H2,1-4H3/t14-,15-/m0/s1. The van der Waals surface area contributed by atoms with Crippen molar-refractivity contribution in [3.8, 4) is 29.0 Å². The summed E-state index contributed by atoms with van der Waals surface area (Å²) in [4.78, 5) is 12.6. The summed E-state index contributed by atoms with van der Waals surface area (Å²) in [6.45, 7) is 3.23. The summed E-state index contributed by atoms with van der Waals surface area (Å²) in [5.41, 5.74) is 0.117. The van der Waals surface area contributed by atoms with Gasteiger partial charge in [-0.25, -0.2) is 27.2 Å². The number of sulfone groups is 1. The first-order chi connectivity index (χ1) is 17.7. The Morgan fingerprint density at radius 2 is 1.59 bits per heavy atom. The molecular weight excluding hydrogens is 506 g/mol. The molecule has 37 heavy (non-hydrogen) atoms. The molecule has 0 amide bonds. The van der Waals surface area contributed by atoms with E-state index in [9.17, 15) is 17.2 Å². The van der Waals surface area contributed by atoms with Crippen LogP contribution in [0.3, 0.4) is 0 Å². The van der Waals surface area contributed by atoms with Gasteiger partial charge < -0.3 is 9.47 Å². The van der Waals surface area contributed by atoms with Gasteiger partial charge in [0.2, 0.25) is 11.8 Å². The Kier molecular flexibility index (Phi) is 7.43. The predicted octanol–water partition coefficient (Wildman–Crippen LogP) is 3.52. The first-order valence-corrected chi connectivity index (χ1v) is 12.9. The summed E-state index contributed by atoms with van der Waals surface area (Å²) < 4.78 is 67.9. The number of rotatable bonds is 9. The zero-order chi connectivity index (χ0) is 26.7. The second kappa shape index (κ2) is 10.5. The number of methoxy groups -OCH3 is 2. The van der Waals surface area contributed by atoms with Crippen molar-refractivity contribution in [2.75, 3.05) is 14.2 Å². The third kappa shape index (κ3) is 5.26. The zero-order valence-corrected chi connectivity index (χ0v) is 21.3. The molecule has 0 unspecified atom stereocenters. The van der Waals surface area contributed by atoms with Crippen molar-refractivity contribution in [2.24, 2.45) is 0 Å². The van der Waals surface area contributed by atoms with Crippen LogP contribution in [0.5, 0.6) is 11.8 Å². The van der Waals surface area contributed by atoms with Crippen LogP contribution in [0.1, 0.15) is 31.3 Å². The molecule has 4 rings (SSSR count). The van der Waals surface area contributed by atoms with Crippen molar-refractivity contribution in [1.82, 2.24) is 29.7 Å². The van der Waals surface area contributed by atoms with Gasteiger partial charge in [0.25, 0.3) is 0 Å². The molecule has 0 N–H and O–H groups in total. The maximum absolute atomic E-state index is 14.9. The number of aromatic nitrogens is 6. The Balaban J connectivity index is 1.77. The molecule has 13 heteroatoms. The van der Waals surface area contributed by atoms with Crippen LogP contribution in [0.2, 0.25) is 0 Å². The summed E-state index contributed by atoms with van der Waals surface area (Å²) in [6.07, 6.45) is 2.84. The highest BCUT2D eigenvalue weighted by Crippen LogP contribution is 2.30. The van der Waals surface area contributed by atoms with Gasteiger partial charge in [0, 0.05) is 12.0 Å². The molecule has 0 spiro atoms. The van der Waals surface area contributed by atoms with Gasteiger partial charge in [0.05, 0.1) is 37.6 Å². The van der Waals surface area contributed by atoms with Crippen molar-refractivity contribution in [2.45, 2.75) is 30.8 Å². The zero-order valence-electron chi connectivity index (χ0n) is 20.5. The van der Waals surface area contributed by atoms with E-state index in [2.05, 4.69) is 25.1 Å². The fourth-order valence-corrected chi connectivity index (χ4v) is 5.27. The van der Waals surface area contributed by atoms with Gasteiger partial charge >= 0.3 is 0 Å². The number of halogens is 2. The van der Waals surface area contributed by atoms with Crippen LogP contribution >= 0.6 is 0 Å². The quantitative estimate of drug-likeness (QED) is 0.320. The molecule has 0 aliphatic carbocycles. The van der Waals surface area contributed by atoms with Crippen LogP contribution in [0.25, 0.3) is 17.2 Å². The Morgan fingerprint density at radius 1 is 0.919 bits per heavy atom. The monoisotopic (exact) mass is 530 g/mol. The van der Waals surface area contributed by atoms with E-state index >= 15 is 0 Å². The van der Waals surface area contributed by atoms with Crippen LogP contribution in [0, 0.1) is 11.6 Å². The number of nitrogens with zero attached hydrogens (tertiary/aromatic N) is 6. The van der Waals surface area contributed by atoms with Crippen molar-refractivity contribution >= 4 is 9.84 Å². The van der Waals surface area contributed by atoms with Crippen molar-refractivity contribution < 1.29 is 26.7 Å². The van der Waals surface area contributed by atoms with Gasteiger partial charge in [-0.05, 0) is 25.1 Å². The molecule has 3 aromatic heterocycles. The van der Waals surface area contributed by atoms with E-state index in [0.29, 0.717) is 11.6 Å². The van der Waals surface area contributed by atoms with Gasteiger partial charge in [-0.3, -0.25) is 9.55 Å². The van der Waals surface area contributed by atoms with Crippen LogP contribution in [-0.2, 0) is 15.6 Å². The average molecular weight is 531 g/mol. The first-order valence-electron chi connectivity index (χ1n) is 11.1. The summed E-state index contributed by atoms with van der Waals surface area (Å²) in [5, 5.41) is 7.11. The summed E-state index contributed by atoms with van der Waals surface area (Å²) >= 11 is 0. The minimum absolute atomic E-state index is 0.0465. The van der Waals surface area contributed by atoms with E-state index in [1.165, 1.54) is 39.6 Å². The van der Waals surface area contributed by atoms with Gasteiger partial charge in [0.1, 0.15) is 28.8 Å². The minimum atomic E-state index is -3.93. The molecule has 0 fully saturated rings. The smallest absolute Gasteiger partial charge is 0.231 e. The number of ether oxygens (including phenoxy) is 2. The summed E-state index contributed by atoms with van der Waals surface area (Å²) in [6, 6.07) is 8.09. The highest BCUT2D eigenvalue weighted by Gasteiger charge is 2.32. The van der Waals surface area contributed by atoms with E-state index in [-0.39, 0.29) is 23.2 Å². The minimum Gasteiger partial charge on any atom is -0.481 e. The van der Waals surface area contributed by atoms with Crippen molar-refractivity contribution in [1.29, 1.82) is 0 Å². The molecule has 2 atom stereocenters. The lowest BCUT2D eigenvalue weighted by Gasteiger charge is -2.20. The molecule has 10 nitrogen and oxygen atoms in total. The SMILES string of the molecule is COc1cnc([C@@H](C)[C@H](C)S(=O)(=O)Cc2nnc(-c3cccc(OC)n3)n2-c2c(F)cccc2F)cn1. The van der Waals surface area contributed by atoms with Crippen LogP contribution < -0.4 is 9.47 Å². The number of pyridine rings is 1. The molecule has 0 saturated heterocycles. The van der Waals surface area contributed by atoms with Crippen molar-refractivity contribution in [3.05, 3.63) is 71.9 Å². The lowest BCUT2D eigenvalue weighted by molar-refractivity contribution is 0.394. The number of hydrogen-bond acceptors (Lipinski definition) is 9. The molecule has 4 aromatic rings. The molecule has 0 aliphatic heterocycles. The number of para-hydroxylation sites is 1.